The minimum absolute atomic E-state index is 0.222. The van der Waals surface area contributed by atoms with Crippen molar-refractivity contribution < 1.29 is 14.6 Å². The van der Waals surface area contributed by atoms with Crippen LogP contribution in [0.3, 0.4) is 0 Å². The summed E-state index contributed by atoms with van der Waals surface area (Å²) in [6, 6.07) is 7.08. The maximum atomic E-state index is 12.0. The molecule has 1 aliphatic carbocycles. The number of hydrogen-bond donors (Lipinski definition) is 1. The summed E-state index contributed by atoms with van der Waals surface area (Å²) in [7, 11) is 0. The van der Waals surface area contributed by atoms with Crippen molar-refractivity contribution in [2.24, 2.45) is 5.92 Å². The molecular formula is C17H23ClO3. The summed E-state index contributed by atoms with van der Waals surface area (Å²) in [5.41, 5.74) is 0.595. The van der Waals surface area contributed by atoms with Crippen molar-refractivity contribution in [3.63, 3.8) is 0 Å². The highest BCUT2D eigenvalue weighted by Gasteiger charge is 2.24. The molecule has 0 bridgehead atoms. The molecule has 0 radical (unpaired) electrons. The SMILES string of the molecule is C[C@@H](OC(=O)CC1CCCCC1)[C@H](O)c1ccccc1Cl. The van der Waals surface area contributed by atoms with E-state index < -0.39 is 12.2 Å². The van der Waals surface area contributed by atoms with E-state index in [4.69, 9.17) is 16.3 Å². The molecule has 1 aliphatic rings. The van der Waals surface area contributed by atoms with Gasteiger partial charge in [0.05, 0.1) is 0 Å². The topological polar surface area (TPSA) is 46.5 Å². The van der Waals surface area contributed by atoms with Gasteiger partial charge in [0, 0.05) is 17.0 Å². The van der Waals surface area contributed by atoms with Gasteiger partial charge in [0.25, 0.3) is 0 Å². The van der Waals surface area contributed by atoms with Crippen molar-refractivity contribution in [2.75, 3.05) is 0 Å². The molecule has 1 N–H and O–H groups in total. The van der Waals surface area contributed by atoms with Crippen molar-refractivity contribution in [3.8, 4) is 0 Å². The molecular weight excluding hydrogens is 288 g/mol. The van der Waals surface area contributed by atoms with Crippen LogP contribution in [-0.2, 0) is 9.53 Å². The van der Waals surface area contributed by atoms with E-state index in [1.165, 1.54) is 19.3 Å². The molecule has 21 heavy (non-hydrogen) atoms. The van der Waals surface area contributed by atoms with Crippen LogP contribution < -0.4 is 0 Å². The molecule has 0 amide bonds. The Hall–Kier alpha value is -1.06. The Morgan fingerprint density at radius 2 is 2.00 bits per heavy atom. The number of carbonyl (C=O) groups is 1. The first-order chi connectivity index (χ1) is 10.1. The molecule has 0 aliphatic heterocycles. The van der Waals surface area contributed by atoms with Crippen molar-refractivity contribution in [1.29, 1.82) is 0 Å². The number of rotatable bonds is 5. The Kier molecular flexibility index (Phi) is 6.07. The maximum absolute atomic E-state index is 12.0. The molecule has 2 atom stereocenters. The molecule has 1 aromatic carbocycles. The Morgan fingerprint density at radius 3 is 2.67 bits per heavy atom. The van der Waals surface area contributed by atoms with Crippen LogP contribution in [0.1, 0.15) is 57.1 Å². The van der Waals surface area contributed by atoms with Gasteiger partial charge in [0.2, 0.25) is 0 Å². The number of hydrogen-bond acceptors (Lipinski definition) is 3. The monoisotopic (exact) mass is 310 g/mol. The van der Waals surface area contributed by atoms with Crippen LogP contribution in [-0.4, -0.2) is 17.2 Å². The van der Waals surface area contributed by atoms with E-state index in [9.17, 15) is 9.90 Å². The molecule has 0 saturated heterocycles. The molecule has 0 heterocycles. The molecule has 0 unspecified atom stereocenters. The average molecular weight is 311 g/mol. The zero-order chi connectivity index (χ0) is 15.2. The van der Waals surface area contributed by atoms with Gasteiger partial charge in [-0.1, -0.05) is 49.1 Å². The minimum atomic E-state index is -0.894. The zero-order valence-corrected chi connectivity index (χ0v) is 13.2. The lowest BCUT2D eigenvalue weighted by Crippen LogP contribution is -2.24. The summed E-state index contributed by atoms with van der Waals surface area (Å²) >= 11 is 6.05. The highest BCUT2D eigenvalue weighted by Crippen LogP contribution is 2.29. The standard InChI is InChI=1S/C17H23ClO3/c1-12(17(20)14-9-5-6-10-15(14)18)21-16(19)11-13-7-3-2-4-8-13/h5-6,9-10,12-13,17,20H,2-4,7-8,11H2,1H3/t12-,17+/m1/s1. The summed E-state index contributed by atoms with van der Waals surface area (Å²) in [5, 5.41) is 10.7. The number of halogens is 1. The minimum Gasteiger partial charge on any atom is -0.460 e. The second-order valence-electron chi connectivity index (χ2n) is 5.87. The number of benzene rings is 1. The predicted octanol–water partition coefficient (Wildman–Crippen LogP) is 4.28. The first kappa shape index (κ1) is 16.3. The molecule has 1 aromatic rings. The number of esters is 1. The quantitative estimate of drug-likeness (QED) is 0.826. The smallest absolute Gasteiger partial charge is 0.306 e. The average Bonchev–Trinajstić information content (AvgIpc) is 2.48. The maximum Gasteiger partial charge on any atom is 0.306 e. The summed E-state index contributed by atoms with van der Waals surface area (Å²) in [6.07, 6.45) is 4.86. The molecule has 1 saturated carbocycles. The fourth-order valence-corrected chi connectivity index (χ4v) is 3.16. The van der Waals surface area contributed by atoms with Crippen LogP contribution in [0.25, 0.3) is 0 Å². The first-order valence-corrected chi connectivity index (χ1v) is 8.07. The van der Waals surface area contributed by atoms with E-state index in [0.29, 0.717) is 22.9 Å². The lowest BCUT2D eigenvalue weighted by atomic mass is 9.87. The van der Waals surface area contributed by atoms with E-state index in [2.05, 4.69) is 0 Å². The van der Waals surface area contributed by atoms with Crippen molar-refractivity contribution in [3.05, 3.63) is 34.9 Å². The van der Waals surface area contributed by atoms with Crippen LogP contribution in [0, 0.1) is 5.92 Å². The summed E-state index contributed by atoms with van der Waals surface area (Å²) in [6.45, 7) is 1.70. The van der Waals surface area contributed by atoms with Crippen LogP contribution in [0.4, 0.5) is 0 Å². The second kappa shape index (κ2) is 7.81. The highest BCUT2D eigenvalue weighted by atomic mass is 35.5. The summed E-state index contributed by atoms with van der Waals surface area (Å²) in [5.74, 6) is 0.219. The van der Waals surface area contributed by atoms with Crippen LogP contribution in [0.2, 0.25) is 5.02 Å². The molecule has 1 fully saturated rings. The number of ether oxygens (including phenoxy) is 1. The molecule has 3 nitrogen and oxygen atoms in total. The predicted molar refractivity (Wildman–Crippen MR) is 83.2 cm³/mol. The van der Waals surface area contributed by atoms with E-state index in [0.717, 1.165) is 12.8 Å². The zero-order valence-electron chi connectivity index (χ0n) is 12.4. The normalized spacial score (nSPS) is 19.0. The van der Waals surface area contributed by atoms with Gasteiger partial charge in [0.15, 0.2) is 0 Å². The second-order valence-corrected chi connectivity index (χ2v) is 6.28. The molecule has 4 heteroatoms. The fraction of sp³-hybridized carbons (Fsp3) is 0.588. The van der Waals surface area contributed by atoms with Crippen LogP contribution in [0.5, 0.6) is 0 Å². The number of aliphatic hydroxyl groups is 1. The van der Waals surface area contributed by atoms with Crippen molar-refractivity contribution in [2.45, 2.75) is 57.7 Å². The van der Waals surface area contributed by atoms with Crippen molar-refractivity contribution >= 4 is 17.6 Å². The van der Waals surface area contributed by atoms with Gasteiger partial charge in [-0.3, -0.25) is 4.79 Å². The third kappa shape index (κ3) is 4.72. The van der Waals surface area contributed by atoms with Gasteiger partial charge in [-0.2, -0.15) is 0 Å². The first-order valence-electron chi connectivity index (χ1n) is 7.70. The summed E-state index contributed by atoms with van der Waals surface area (Å²) in [4.78, 5) is 12.0. The fourth-order valence-electron chi connectivity index (χ4n) is 2.91. The number of carbonyl (C=O) groups excluding carboxylic acids is 1. The van der Waals surface area contributed by atoms with Gasteiger partial charge >= 0.3 is 5.97 Å². The van der Waals surface area contributed by atoms with E-state index in [1.807, 2.05) is 0 Å². The summed E-state index contributed by atoms with van der Waals surface area (Å²) < 4.78 is 5.38. The molecule has 0 aromatic heterocycles. The lowest BCUT2D eigenvalue weighted by molar-refractivity contribution is -0.155. The lowest BCUT2D eigenvalue weighted by Gasteiger charge is -2.24. The van der Waals surface area contributed by atoms with E-state index >= 15 is 0 Å². The van der Waals surface area contributed by atoms with Gasteiger partial charge in [-0.25, -0.2) is 0 Å². The molecule has 0 spiro atoms. The molecule has 2 rings (SSSR count). The number of aliphatic hydroxyl groups excluding tert-OH is 1. The Balaban J connectivity index is 1.86. The van der Waals surface area contributed by atoms with Gasteiger partial charge in [-0.05, 0) is 31.7 Å². The third-order valence-electron chi connectivity index (χ3n) is 4.17. The highest BCUT2D eigenvalue weighted by molar-refractivity contribution is 6.31. The van der Waals surface area contributed by atoms with E-state index in [1.54, 1.807) is 31.2 Å². The van der Waals surface area contributed by atoms with Crippen LogP contribution in [0.15, 0.2) is 24.3 Å². The Bertz CT molecular complexity index is 469. The van der Waals surface area contributed by atoms with Crippen LogP contribution >= 0.6 is 11.6 Å². The van der Waals surface area contributed by atoms with Crippen molar-refractivity contribution in [1.82, 2.24) is 0 Å². The van der Waals surface area contributed by atoms with Gasteiger partial charge in [-0.15, -0.1) is 0 Å². The van der Waals surface area contributed by atoms with Gasteiger partial charge < -0.3 is 9.84 Å². The Morgan fingerprint density at radius 1 is 1.33 bits per heavy atom. The van der Waals surface area contributed by atoms with E-state index in [-0.39, 0.29) is 5.97 Å². The third-order valence-corrected chi connectivity index (χ3v) is 4.51. The molecule has 116 valence electrons. The largest absolute Gasteiger partial charge is 0.460 e. The van der Waals surface area contributed by atoms with Gasteiger partial charge in [0.1, 0.15) is 12.2 Å². The Labute approximate surface area is 131 Å².